The Bertz CT molecular complexity index is 1070. The van der Waals surface area contributed by atoms with Gasteiger partial charge in [0.2, 0.25) is 0 Å². The molecule has 24 heavy (non-hydrogen) atoms. The molecular weight excluding hydrogens is 300 g/mol. The molecule has 1 heterocycles. The topological polar surface area (TPSA) is 39.4 Å². The Labute approximate surface area is 139 Å². The lowest BCUT2D eigenvalue weighted by Crippen LogP contribution is -2.04. The van der Waals surface area contributed by atoms with E-state index in [1.54, 1.807) is 0 Å². The second kappa shape index (κ2) is 5.53. The van der Waals surface area contributed by atoms with Crippen LogP contribution in [-0.4, -0.2) is 13.1 Å². The molecule has 4 rings (SSSR count). The van der Waals surface area contributed by atoms with Gasteiger partial charge in [-0.25, -0.2) is 4.79 Å². The molecule has 3 nitrogen and oxygen atoms in total. The molecule has 0 saturated carbocycles. The van der Waals surface area contributed by atoms with E-state index in [9.17, 15) is 4.79 Å². The minimum absolute atomic E-state index is 0.338. The van der Waals surface area contributed by atoms with Crippen molar-refractivity contribution in [3.8, 4) is 11.1 Å². The van der Waals surface area contributed by atoms with Gasteiger partial charge in [-0.3, -0.25) is 0 Å². The van der Waals surface area contributed by atoms with Crippen LogP contribution in [0.1, 0.15) is 15.9 Å². The van der Waals surface area contributed by atoms with Crippen molar-refractivity contribution in [3.63, 3.8) is 0 Å². The average Bonchev–Trinajstić information content (AvgIpc) is 2.99. The Morgan fingerprint density at radius 1 is 0.917 bits per heavy atom. The van der Waals surface area contributed by atoms with Gasteiger partial charge in [-0.1, -0.05) is 48.0 Å². The maximum absolute atomic E-state index is 12.2. The molecule has 0 unspecified atom stereocenters. The lowest BCUT2D eigenvalue weighted by molar-refractivity contribution is 0.0601. The van der Waals surface area contributed by atoms with E-state index in [1.165, 1.54) is 7.11 Å². The lowest BCUT2D eigenvalue weighted by atomic mass is 9.94. The molecule has 0 aliphatic rings. The van der Waals surface area contributed by atoms with Crippen molar-refractivity contribution in [2.75, 3.05) is 7.11 Å². The highest BCUT2D eigenvalue weighted by Gasteiger charge is 2.18. The van der Waals surface area contributed by atoms with Crippen molar-refractivity contribution in [2.24, 2.45) is 0 Å². The number of aryl methyl sites for hydroxylation is 1. The van der Waals surface area contributed by atoms with Crippen molar-refractivity contribution >= 4 is 27.9 Å². The predicted octanol–water partition coefficient (Wildman–Crippen LogP) is 5.35. The minimum atomic E-state index is -0.338. The zero-order chi connectivity index (χ0) is 16.7. The Hall–Kier alpha value is -3.07. The standard InChI is InChI=1S/C21H16O3/c1-13-10-11-15(21(22)23-2)17(12-13)14-7-5-9-19-20(14)16-6-3-4-8-18(16)24-19/h3-12H,1-2H3. The Morgan fingerprint density at radius 2 is 1.71 bits per heavy atom. The van der Waals surface area contributed by atoms with E-state index < -0.39 is 0 Å². The number of rotatable bonds is 2. The average molecular weight is 316 g/mol. The second-order valence-corrected chi connectivity index (χ2v) is 5.82. The van der Waals surface area contributed by atoms with Crippen LogP contribution >= 0.6 is 0 Å². The smallest absolute Gasteiger partial charge is 0.338 e. The van der Waals surface area contributed by atoms with E-state index in [-0.39, 0.29) is 5.97 Å². The minimum Gasteiger partial charge on any atom is -0.465 e. The number of methoxy groups -OCH3 is 1. The molecule has 0 saturated heterocycles. The van der Waals surface area contributed by atoms with E-state index >= 15 is 0 Å². The van der Waals surface area contributed by atoms with Crippen LogP contribution in [0.2, 0.25) is 0 Å². The maximum Gasteiger partial charge on any atom is 0.338 e. The van der Waals surface area contributed by atoms with Crippen LogP contribution in [0, 0.1) is 6.92 Å². The fourth-order valence-corrected chi connectivity index (χ4v) is 3.17. The molecule has 0 atom stereocenters. The molecule has 118 valence electrons. The molecule has 0 N–H and O–H groups in total. The number of hydrogen-bond donors (Lipinski definition) is 0. The molecule has 0 spiro atoms. The summed E-state index contributed by atoms with van der Waals surface area (Å²) in [4.78, 5) is 12.2. The van der Waals surface area contributed by atoms with E-state index in [1.807, 2.05) is 67.6 Å². The molecular formula is C21H16O3. The summed E-state index contributed by atoms with van der Waals surface area (Å²) in [6.45, 7) is 2.01. The van der Waals surface area contributed by atoms with E-state index in [0.29, 0.717) is 5.56 Å². The Balaban J connectivity index is 2.11. The van der Waals surface area contributed by atoms with Gasteiger partial charge < -0.3 is 9.15 Å². The van der Waals surface area contributed by atoms with Crippen molar-refractivity contribution in [3.05, 3.63) is 71.8 Å². The highest BCUT2D eigenvalue weighted by molar-refractivity contribution is 6.14. The van der Waals surface area contributed by atoms with Gasteiger partial charge in [0.1, 0.15) is 11.2 Å². The summed E-state index contributed by atoms with van der Waals surface area (Å²) in [6, 6.07) is 19.6. The molecule has 0 aliphatic carbocycles. The molecule has 3 aromatic carbocycles. The molecule has 0 amide bonds. The first-order valence-corrected chi connectivity index (χ1v) is 7.78. The third-order valence-corrected chi connectivity index (χ3v) is 4.27. The number of benzene rings is 3. The number of ether oxygens (including phenoxy) is 1. The van der Waals surface area contributed by atoms with E-state index in [4.69, 9.17) is 9.15 Å². The summed E-state index contributed by atoms with van der Waals surface area (Å²) < 4.78 is 10.9. The monoisotopic (exact) mass is 316 g/mol. The van der Waals surface area contributed by atoms with Crippen molar-refractivity contribution in [2.45, 2.75) is 6.92 Å². The largest absolute Gasteiger partial charge is 0.465 e. The molecule has 1 aromatic heterocycles. The molecule has 0 fully saturated rings. The van der Waals surface area contributed by atoms with Crippen LogP contribution in [0.15, 0.2) is 65.1 Å². The molecule has 4 aromatic rings. The summed E-state index contributed by atoms with van der Waals surface area (Å²) in [5.41, 5.74) is 5.13. The fourth-order valence-electron chi connectivity index (χ4n) is 3.17. The third-order valence-electron chi connectivity index (χ3n) is 4.27. The number of hydrogen-bond acceptors (Lipinski definition) is 3. The second-order valence-electron chi connectivity index (χ2n) is 5.82. The van der Waals surface area contributed by atoms with Crippen LogP contribution in [0.4, 0.5) is 0 Å². The number of fused-ring (bicyclic) bond motifs is 3. The molecule has 0 radical (unpaired) electrons. The summed E-state index contributed by atoms with van der Waals surface area (Å²) in [5.74, 6) is -0.338. The van der Waals surface area contributed by atoms with Crippen LogP contribution in [0.25, 0.3) is 33.1 Å². The van der Waals surface area contributed by atoms with Crippen LogP contribution in [0.3, 0.4) is 0 Å². The molecule has 3 heteroatoms. The highest BCUT2D eigenvalue weighted by Crippen LogP contribution is 2.38. The van der Waals surface area contributed by atoms with Gasteiger partial charge in [0.05, 0.1) is 12.7 Å². The molecule has 0 bridgehead atoms. The van der Waals surface area contributed by atoms with E-state index in [0.717, 1.165) is 38.6 Å². The van der Waals surface area contributed by atoms with Crippen molar-refractivity contribution in [1.82, 2.24) is 0 Å². The van der Waals surface area contributed by atoms with Gasteiger partial charge in [0.15, 0.2) is 0 Å². The lowest BCUT2D eigenvalue weighted by Gasteiger charge is -2.10. The zero-order valence-electron chi connectivity index (χ0n) is 13.5. The third kappa shape index (κ3) is 2.17. The summed E-state index contributed by atoms with van der Waals surface area (Å²) in [5, 5.41) is 2.06. The van der Waals surface area contributed by atoms with Gasteiger partial charge in [0.25, 0.3) is 0 Å². The first-order chi connectivity index (χ1) is 11.7. The van der Waals surface area contributed by atoms with E-state index in [2.05, 4.69) is 0 Å². The quantitative estimate of drug-likeness (QED) is 0.468. The van der Waals surface area contributed by atoms with Crippen LogP contribution in [0.5, 0.6) is 0 Å². The SMILES string of the molecule is COC(=O)c1ccc(C)cc1-c1cccc2oc3ccccc3c12. The maximum atomic E-state index is 12.2. The summed E-state index contributed by atoms with van der Waals surface area (Å²) in [6.07, 6.45) is 0. The number of esters is 1. The normalized spacial score (nSPS) is 11.1. The number of carbonyl (C=O) groups excluding carboxylic acids is 1. The number of furan rings is 1. The molecule has 0 aliphatic heterocycles. The summed E-state index contributed by atoms with van der Waals surface area (Å²) >= 11 is 0. The summed E-state index contributed by atoms with van der Waals surface area (Å²) in [7, 11) is 1.40. The first kappa shape index (κ1) is 14.5. The predicted molar refractivity (Wildman–Crippen MR) is 95.2 cm³/mol. The number of carbonyl (C=O) groups is 1. The van der Waals surface area contributed by atoms with Gasteiger partial charge in [-0.2, -0.15) is 0 Å². The first-order valence-electron chi connectivity index (χ1n) is 7.78. The van der Waals surface area contributed by atoms with Crippen LogP contribution in [-0.2, 0) is 4.74 Å². The zero-order valence-corrected chi connectivity index (χ0v) is 13.5. The highest BCUT2D eigenvalue weighted by atomic mass is 16.5. The van der Waals surface area contributed by atoms with Gasteiger partial charge in [-0.15, -0.1) is 0 Å². The Morgan fingerprint density at radius 3 is 2.54 bits per heavy atom. The Kier molecular flexibility index (Phi) is 3.35. The van der Waals surface area contributed by atoms with Crippen molar-refractivity contribution in [1.29, 1.82) is 0 Å². The van der Waals surface area contributed by atoms with Gasteiger partial charge in [0, 0.05) is 10.8 Å². The number of para-hydroxylation sites is 1. The van der Waals surface area contributed by atoms with Crippen LogP contribution < -0.4 is 0 Å². The van der Waals surface area contributed by atoms with Crippen molar-refractivity contribution < 1.29 is 13.9 Å². The fraction of sp³-hybridized carbons (Fsp3) is 0.0952. The van der Waals surface area contributed by atoms with Gasteiger partial charge in [-0.05, 0) is 36.2 Å². The van der Waals surface area contributed by atoms with Gasteiger partial charge >= 0.3 is 5.97 Å².